The Morgan fingerprint density at radius 1 is 1.20 bits per heavy atom. The Hall–Kier alpha value is -2.86. The minimum absolute atomic E-state index is 0.0973. The summed E-state index contributed by atoms with van der Waals surface area (Å²) in [5.41, 5.74) is 8.79. The van der Waals surface area contributed by atoms with Crippen LogP contribution < -0.4 is 16.0 Å². The summed E-state index contributed by atoms with van der Waals surface area (Å²) in [6.45, 7) is 3.97. The standard InChI is InChI=1S/C19H20N2O4/c1-11(12-7-9-13(10-8-12)18(23)21-24)19(2)14-5-3-4-6-15(14)25-16(19)17(20)22/h3-11,16,24H,1-2H3,(H2,20,22)(H,21,23). The Morgan fingerprint density at radius 3 is 2.44 bits per heavy atom. The van der Waals surface area contributed by atoms with E-state index in [1.807, 2.05) is 38.1 Å². The first-order chi connectivity index (χ1) is 11.9. The molecule has 2 aromatic rings. The molecule has 0 aromatic heterocycles. The molecule has 2 amide bonds. The van der Waals surface area contributed by atoms with E-state index in [0.29, 0.717) is 11.3 Å². The van der Waals surface area contributed by atoms with Crippen LogP contribution in [0.5, 0.6) is 5.75 Å². The molecule has 0 saturated heterocycles. The number of carbonyl (C=O) groups excluding carboxylic acids is 2. The summed E-state index contributed by atoms with van der Waals surface area (Å²) < 4.78 is 5.83. The highest BCUT2D eigenvalue weighted by atomic mass is 16.5. The number of para-hydroxylation sites is 1. The van der Waals surface area contributed by atoms with Crippen LogP contribution in [0.3, 0.4) is 0 Å². The fourth-order valence-electron chi connectivity index (χ4n) is 3.55. The molecule has 2 aromatic carbocycles. The molecule has 1 aliphatic heterocycles. The van der Waals surface area contributed by atoms with Crippen molar-refractivity contribution in [1.82, 2.24) is 5.48 Å². The number of amides is 2. The predicted octanol–water partition coefficient (Wildman–Crippen LogP) is 2.11. The number of benzene rings is 2. The second kappa shape index (κ2) is 6.22. The fourth-order valence-corrected chi connectivity index (χ4v) is 3.55. The van der Waals surface area contributed by atoms with E-state index in [0.717, 1.165) is 11.1 Å². The zero-order valence-corrected chi connectivity index (χ0v) is 14.0. The van der Waals surface area contributed by atoms with Gasteiger partial charge >= 0.3 is 0 Å². The average molecular weight is 340 g/mol. The normalized spacial score (nSPS) is 22.6. The van der Waals surface area contributed by atoms with Crippen molar-refractivity contribution < 1.29 is 19.5 Å². The molecule has 0 bridgehead atoms. The highest BCUT2D eigenvalue weighted by Gasteiger charge is 2.52. The van der Waals surface area contributed by atoms with Crippen LogP contribution in [0.25, 0.3) is 0 Å². The molecule has 25 heavy (non-hydrogen) atoms. The van der Waals surface area contributed by atoms with E-state index >= 15 is 0 Å². The van der Waals surface area contributed by atoms with E-state index < -0.39 is 23.3 Å². The van der Waals surface area contributed by atoms with E-state index in [1.54, 1.807) is 29.7 Å². The third-order valence-electron chi connectivity index (χ3n) is 5.19. The van der Waals surface area contributed by atoms with Crippen LogP contribution in [0.1, 0.15) is 41.3 Å². The van der Waals surface area contributed by atoms with Gasteiger partial charge in [0.2, 0.25) is 0 Å². The molecule has 3 rings (SSSR count). The van der Waals surface area contributed by atoms with Gasteiger partial charge < -0.3 is 10.5 Å². The Morgan fingerprint density at radius 2 is 1.84 bits per heavy atom. The van der Waals surface area contributed by atoms with Gasteiger partial charge in [-0.25, -0.2) is 5.48 Å². The molecule has 3 atom stereocenters. The van der Waals surface area contributed by atoms with E-state index in [9.17, 15) is 9.59 Å². The van der Waals surface area contributed by atoms with Crippen LogP contribution >= 0.6 is 0 Å². The van der Waals surface area contributed by atoms with Crippen LogP contribution in [-0.2, 0) is 10.2 Å². The molecule has 0 aliphatic carbocycles. The molecule has 6 nitrogen and oxygen atoms in total. The van der Waals surface area contributed by atoms with Crippen LogP contribution in [0.15, 0.2) is 48.5 Å². The molecule has 1 aliphatic rings. The third-order valence-corrected chi connectivity index (χ3v) is 5.19. The SMILES string of the molecule is CC(c1ccc(C(=O)NO)cc1)C1(C)c2ccccc2OC1C(N)=O. The number of rotatable bonds is 4. The maximum atomic E-state index is 12.0. The second-order valence-corrected chi connectivity index (χ2v) is 6.46. The number of nitrogens with two attached hydrogens (primary N) is 1. The Balaban J connectivity index is 2.02. The molecule has 0 fully saturated rings. The Bertz CT molecular complexity index is 818. The molecular weight excluding hydrogens is 320 g/mol. The van der Waals surface area contributed by atoms with E-state index in [4.69, 9.17) is 15.7 Å². The quantitative estimate of drug-likeness (QED) is 0.586. The minimum atomic E-state index is -0.777. The van der Waals surface area contributed by atoms with Crippen molar-refractivity contribution in [3.8, 4) is 5.75 Å². The summed E-state index contributed by atoms with van der Waals surface area (Å²) in [5.74, 6) is -0.520. The summed E-state index contributed by atoms with van der Waals surface area (Å²) in [6.07, 6.45) is -0.777. The molecule has 3 unspecified atom stereocenters. The van der Waals surface area contributed by atoms with E-state index in [2.05, 4.69) is 0 Å². The van der Waals surface area contributed by atoms with Gasteiger partial charge in [-0.05, 0) is 29.7 Å². The van der Waals surface area contributed by atoms with Crippen molar-refractivity contribution in [3.05, 3.63) is 65.2 Å². The van der Waals surface area contributed by atoms with Crippen LogP contribution in [0.2, 0.25) is 0 Å². The first kappa shape index (κ1) is 17.0. The first-order valence-corrected chi connectivity index (χ1v) is 7.99. The third kappa shape index (κ3) is 2.64. The Kier molecular flexibility index (Phi) is 4.22. The van der Waals surface area contributed by atoms with Crippen LogP contribution in [0, 0.1) is 0 Å². The number of carbonyl (C=O) groups is 2. The molecule has 130 valence electrons. The van der Waals surface area contributed by atoms with Crippen molar-refractivity contribution in [2.45, 2.75) is 31.3 Å². The lowest BCUT2D eigenvalue weighted by molar-refractivity contribution is -0.126. The smallest absolute Gasteiger partial charge is 0.274 e. The summed E-state index contributed by atoms with van der Waals surface area (Å²) in [6, 6.07) is 14.4. The number of primary amides is 1. The lowest BCUT2D eigenvalue weighted by Gasteiger charge is -2.35. The zero-order chi connectivity index (χ0) is 18.2. The van der Waals surface area contributed by atoms with Gasteiger partial charge in [0, 0.05) is 16.5 Å². The first-order valence-electron chi connectivity index (χ1n) is 7.99. The van der Waals surface area contributed by atoms with Gasteiger partial charge in [-0.3, -0.25) is 14.8 Å². The van der Waals surface area contributed by atoms with Crippen molar-refractivity contribution in [1.29, 1.82) is 0 Å². The molecule has 0 radical (unpaired) electrons. The number of fused-ring (bicyclic) bond motifs is 1. The van der Waals surface area contributed by atoms with E-state index in [1.165, 1.54) is 0 Å². The van der Waals surface area contributed by atoms with Gasteiger partial charge in [-0.1, -0.05) is 44.2 Å². The summed E-state index contributed by atoms with van der Waals surface area (Å²) in [7, 11) is 0. The number of hydrogen-bond acceptors (Lipinski definition) is 4. The maximum Gasteiger partial charge on any atom is 0.274 e. The van der Waals surface area contributed by atoms with Gasteiger partial charge in [0.05, 0.1) is 0 Å². The second-order valence-electron chi connectivity index (χ2n) is 6.46. The number of ether oxygens (including phenoxy) is 1. The van der Waals surface area contributed by atoms with Gasteiger partial charge in [0.1, 0.15) is 5.75 Å². The molecule has 0 spiro atoms. The van der Waals surface area contributed by atoms with Crippen molar-refractivity contribution in [3.63, 3.8) is 0 Å². The van der Waals surface area contributed by atoms with E-state index in [-0.39, 0.29) is 5.92 Å². The zero-order valence-electron chi connectivity index (χ0n) is 14.0. The van der Waals surface area contributed by atoms with Crippen molar-refractivity contribution >= 4 is 11.8 Å². The fraction of sp³-hybridized carbons (Fsp3) is 0.263. The molecule has 0 saturated carbocycles. The monoisotopic (exact) mass is 340 g/mol. The summed E-state index contributed by atoms with van der Waals surface area (Å²) >= 11 is 0. The number of hydroxylamine groups is 1. The highest BCUT2D eigenvalue weighted by Crippen LogP contribution is 2.50. The highest BCUT2D eigenvalue weighted by molar-refractivity contribution is 5.93. The minimum Gasteiger partial charge on any atom is -0.479 e. The molecule has 1 heterocycles. The van der Waals surface area contributed by atoms with Gasteiger partial charge in [0.15, 0.2) is 6.10 Å². The van der Waals surface area contributed by atoms with Gasteiger partial charge in [-0.2, -0.15) is 0 Å². The maximum absolute atomic E-state index is 12.0. The molecule has 6 heteroatoms. The van der Waals surface area contributed by atoms with Gasteiger partial charge in [-0.15, -0.1) is 0 Å². The predicted molar refractivity (Wildman–Crippen MR) is 91.5 cm³/mol. The molecule has 4 N–H and O–H groups in total. The van der Waals surface area contributed by atoms with Crippen molar-refractivity contribution in [2.24, 2.45) is 5.73 Å². The van der Waals surface area contributed by atoms with Crippen LogP contribution in [-0.4, -0.2) is 23.1 Å². The largest absolute Gasteiger partial charge is 0.479 e. The topological polar surface area (TPSA) is 102 Å². The molecular formula is C19H20N2O4. The van der Waals surface area contributed by atoms with Crippen molar-refractivity contribution in [2.75, 3.05) is 0 Å². The van der Waals surface area contributed by atoms with Gasteiger partial charge in [0.25, 0.3) is 11.8 Å². The lowest BCUT2D eigenvalue weighted by atomic mass is 9.67. The Labute approximate surface area is 145 Å². The number of nitrogens with one attached hydrogen (secondary N) is 1. The average Bonchev–Trinajstić information content (AvgIpc) is 2.95. The number of hydrogen-bond donors (Lipinski definition) is 3. The van der Waals surface area contributed by atoms with Crippen LogP contribution in [0.4, 0.5) is 0 Å². The lowest BCUT2D eigenvalue weighted by Crippen LogP contribution is -2.48. The summed E-state index contributed by atoms with van der Waals surface area (Å²) in [4.78, 5) is 23.5. The summed E-state index contributed by atoms with van der Waals surface area (Å²) in [5, 5.41) is 8.72.